The van der Waals surface area contributed by atoms with Crippen molar-refractivity contribution in [2.24, 2.45) is 0 Å². The number of hydrogen-bond acceptors (Lipinski definition) is 5. The highest BCUT2D eigenvalue weighted by Crippen LogP contribution is 2.31. The Labute approximate surface area is 238 Å². The highest BCUT2D eigenvalue weighted by atomic mass is 19.1. The molecule has 0 N–H and O–H groups in total. The summed E-state index contributed by atoms with van der Waals surface area (Å²) in [5.74, 6) is 0.729. The third kappa shape index (κ3) is 6.67. The predicted octanol–water partition coefficient (Wildman–Crippen LogP) is 4.13. The number of fused-ring (bicyclic) bond motifs is 1. The summed E-state index contributed by atoms with van der Waals surface area (Å²) in [4.78, 5) is 23.3. The molecule has 216 valence electrons. The van der Waals surface area contributed by atoms with Crippen LogP contribution in [0, 0.1) is 12.7 Å². The number of halogens is 1. The average Bonchev–Trinajstić information content (AvgIpc) is 3.24. The molecule has 0 unspecified atom stereocenters. The van der Waals surface area contributed by atoms with Gasteiger partial charge in [-0.2, -0.15) is 0 Å². The Bertz CT molecular complexity index is 1270. The molecule has 2 saturated heterocycles. The second-order valence-corrected chi connectivity index (χ2v) is 11.2. The van der Waals surface area contributed by atoms with Gasteiger partial charge in [0.05, 0.1) is 12.2 Å². The van der Waals surface area contributed by atoms with Gasteiger partial charge in [0.15, 0.2) is 0 Å². The number of ether oxygens (including phenoxy) is 1. The third-order valence-electron chi connectivity index (χ3n) is 8.56. The van der Waals surface area contributed by atoms with Gasteiger partial charge in [-0.3, -0.25) is 9.69 Å². The van der Waals surface area contributed by atoms with E-state index in [2.05, 4.69) is 45.4 Å². The van der Waals surface area contributed by atoms with Crippen molar-refractivity contribution in [3.8, 4) is 5.75 Å². The van der Waals surface area contributed by atoms with Gasteiger partial charge in [0.1, 0.15) is 11.6 Å². The smallest absolute Gasteiger partial charge is 0.256 e. The molecule has 8 heteroatoms. The molecule has 40 heavy (non-hydrogen) atoms. The topological polar surface area (TPSA) is 44.2 Å². The lowest BCUT2D eigenvalue weighted by Crippen LogP contribution is -2.49. The predicted molar refractivity (Wildman–Crippen MR) is 159 cm³/mol. The fourth-order valence-electron chi connectivity index (χ4n) is 6.07. The molecular weight excluding hydrogens is 505 g/mol. The number of carbonyl (C=O) groups is 1. The van der Waals surface area contributed by atoms with Crippen LogP contribution >= 0.6 is 0 Å². The molecule has 7 nitrogen and oxygen atoms in total. The zero-order chi connectivity index (χ0) is 28.1. The normalized spacial score (nSPS) is 17.6. The second kappa shape index (κ2) is 13.1. The van der Waals surface area contributed by atoms with Crippen molar-refractivity contribution in [2.75, 3.05) is 79.1 Å². The van der Waals surface area contributed by atoms with Crippen molar-refractivity contribution < 1.29 is 13.9 Å². The maximum Gasteiger partial charge on any atom is 0.256 e. The van der Waals surface area contributed by atoms with E-state index in [1.54, 1.807) is 0 Å². The quantitative estimate of drug-likeness (QED) is 0.381. The monoisotopic (exact) mass is 549 g/mol. The molecule has 2 aromatic carbocycles. The van der Waals surface area contributed by atoms with Crippen LogP contribution in [0.3, 0.4) is 0 Å². The molecule has 2 aliphatic rings. The molecule has 2 fully saturated rings. The molecule has 5 rings (SSSR count). The summed E-state index contributed by atoms with van der Waals surface area (Å²) < 4.78 is 21.4. The van der Waals surface area contributed by atoms with E-state index in [0.29, 0.717) is 19.7 Å². The molecule has 3 heterocycles. The first kappa shape index (κ1) is 28.6. The lowest BCUT2D eigenvalue weighted by Gasteiger charge is -2.35. The van der Waals surface area contributed by atoms with Gasteiger partial charge in [-0.15, -0.1) is 0 Å². The van der Waals surface area contributed by atoms with Crippen molar-refractivity contribution in [2.45, 2.75) is 33.2 Å². The van der Waals surface area contributed by atoms with Crippen LogP contribution in [0.2, 0.25) is 0 Å². The zero-order valence-corrected chi connectivity index (χ0v) is 24.4. The Balaban J connectivity index is 1.26. The van der Waals surface area contributed by atoms with Crippen LogP contribution in [0.4, 0.5) is 4.39 Å². The molecule has 0 saturated carbocycles. The number of amides is 1. The SMILES string of the molecule is CCOc1ccc2c(c1)c(C(=O)N1CCN(CCc3ccc(F)cc3)CC1)c(C)n2CCCN1CCN(C)CC1. The van der Waals surface area contributed by atoms with Gasteiger partial charge >= 0.3 is 0 Å². The molecule has 0 atom stereocenters. The Morgan fingerprint density at radius 2 is 1.55 bits per heavy atom. The number of hydrogen-bond donors (Lipinski definition) is 0. The first-order valence-electron chi connectivity index (χ1n) is 14.9. The van der Waals surface area contributed by atoms with Crippen LogP contribution in [0.25, 0.3) is 10.9 Å². The van der Waals surface area contributed by atoms with E-state index in [9.17, 15) is 9.18 Å². The maximum atomic E-state index is 14.0. The molecule has 0 aliphatic carbocycles. The second-order valence-electron chi connectivity index (χ2n) is 11.2. The summed E-state index contributed by atoms with van der Waals surface area (Å²) in [5.41, 5.74) is 4.11. The Morgan fingerprint density at radius 1 is 0.875 bits per heavy atom. The van der Waals surface area contributed by atoms with Crippen molar-refractivity contribution >= 4 is 16.8 Å². The highest BCUT2D eigenvalue weighted by molar-refractivity contribution is 6.08. The Kier molecular flexibility index (Phi) is 9.40. The van der Waals surface area contributed by atoms with Crippen LogP contribution in [0.15, 0.2) is 42.5 Å². The lowest BCUT2D eigenvalue weighted by atomic mass is 10.1. The van der Waals surface area contributed by atoms with Gasteiger partial charge in [0.2, 0.25) is 0 Å². The average molecular weight is 550 g/mol. The van der Waals surface area contributed by atoms with E-state index in [-0.39, 0.29) is 11.7 Å². The van der Waals surface area contributed by atoms with Crippen molar-refractivity contribution in [1.29, 1.82) is 0 Å². The number of piperazine rings is 2. The maximum absolute atomic E-state index is 14.0. The summed E-state index contributed by atoms with van der Waals surface area (Å²) in [5, 5.41) is 0.992. The number of aryl methyl sites for hydroxylation is 1. The molecule has 1 amide bonds. The van der Waals surface area contributed by atoms with Gasteiger partial charge in [-0.25, -0.2) is 4.39 Å². The van der Waals surface area contributed by atoms with Gasteiger partial charge in [0, 0.05) is 82.0 Å². The van der Waals surface area contributed by atoms with Crippen molar-refractivity contribution in [3.63, 3.8) is 0 Å². The van der Waals surface area contributed by atoms with E-state index in [1.165, 1.54) is 12.1 Å². The Morgan fingerprint density at radius 3 is 2.25 bits per heavy atom. The van der Waals surface area contributed by atoms with Crippen LogP contribution in [-0.2, 0) is 13.0 Å². The van der Waals surface area contributed by atoms with E-state index < -0.39 is 0 Å². The molecule has 1 aromatic heterocycles. The number of aromatic nitrogens is 1. The number of carbonyl (C=O) groups excluding carboxylic acids is 1. The standard InChI is InChI=1S/C32H44FN5O2/c1-4-40-28-10-11-30-29(24-28)31(25(2)38(30)14-5-13-35-18-16-34(3)17-19-35)32(39)37-22-20-36(21-23-37)15-12-26-6-8-27(33)9-7-26/h6-11,24H,4-5,12-23H2,1-3H3. The lowest BCUT2D eigenvalue weighted by molar-refractivity contribution is 0.0639. The van der Waals surface area contributed by atoms with Gasteiger partial charge in [-0.1, -0.05) is 12.1 Å². The Hall–Kier alpha value is -2.94. The van der Waals surface area contributed by atoms with Crippen LogP contribution in [0.5, 0.6) is 5.75 Å². The summed E-state index contributed by atoms with van der Waals surface area (Å²) in [6.45, 7) is 15.2. The van der Waals surface area contributed by atoms with Crippen molar-refractivity contribution in [3.05, 3.63) is 65.1 Å². The number of nitrogens with zero attached hydrogens (tertiary/aromatic N) is 5. The van der Waals surface area contributed by atoms with E-state index in [4.69, 9.17) is 4.74 Å². The molecule has 0 bridgehead atoms. The minimum atomic E-state index is -0.198. The molecular formula is C32H44FN5O2. The number of likely N-dealkylation sites (N-methyl/N-ethyl adjacent to an activating group) is 1. The largest absolute Gasteiger partial charge is 0.494 e. The van der Waals surface area contributed by atoms with Gasteiger partial charge in [-0.05, 0) is 76.2 Å². The minimum absolute atomic E-state index is 0.118. The van der Waals surface area contributed by atoms with Gasteiger partial charge in [0.25, 0.3) is 5.91 Å². The molecule has 0 radical (unpaired) electrons. The minimum Gasteiger partial charge on any atom is -0.494 e. The fourth-order valence-corrected chi connectivity index (χ4v) is 6.07. The summed E-state index contributed by atoms with van der Waals surface area (Å²) in [7, 11) is 2.19. The fraction of sp³-hybridized carbons (Fsp3) is 0.531. The van der Waals surface area contributed by atoms with E-state index in [0.717, 1.165) is 105 Å². The van der Waals surface area contributed by atoms with Crippen LogP contribution in [-0.4, -0.2) is 109 Å². The zero-order valence-electron chi connectivity index (χ0n) is 24.4. The summed E-state index contributed by atoms with van der Waals surface area (Å²) in [6.07, 6.45) is 1.94. The first-order chi connectivity index (χ1) is 19.4. The number of rotatable bonds is 10. The highest BCUT2D eigenvalue weighted by Gasteiger charge is 2.27. The summed E-state index contributed by atoms with van der Waals surface area (Å²) in [6, 6.07) is 12.9. The third-order valence-corrected chi connectivity index (χ3v) is 8.56. The molecule has 2 aliphatic heterocycles. The van der Waals surface area contributed by atoms with Gasteiger partial charge < -0.3 is 24.0 Å². The molecule has 3 aromatic rings. The molecule has 0 spiro atoms. The van der Waals surface area contributed by atoms with Crippen LogP contribution in [0.1, 0.15) is 35.0 Å². The number of benzene rings is 2. The first-order valence-corrected chi connectivity index (χ1v) is 14.9. The summed E-state index contributed by atoms with van der Waals surface area (Å²) >= 11 is 0. The van der Waals surface area contributed by atoms with E-state index in [1.807, 2.05) is 30.0 Å². The van der Waals surface area contributed by atoms with Crippen LogP contribution < -0.4 is 4.74 Å². The van der Waals surface area contributed by atoms with E-state index >= 15 is 0 Å². The van der Waals surface area contributed by atoms with Crippen molar-refractivity contribution in [1.82, 2.24) is 24.2 Å².